The summed E-state index contributed by atoms with van der Waals surface area (Å²) in [5, 5.41) is 40.1. The average Bonchev–Trinajstić information content (AvgIpc) is 3.30. The van der Waals surface area contributed by atoms with Gasteiger partial charge in [0.15, 0.2) is 12.4 Å². The second-order valence-electron chi connectivity index (χ2n) is 15.7. The molecule has 0 aromatic heterocycles. The normalized spacial score (nSPS) is 46.8. The molecule has 0 spiro atoms. The monoisotopic (exact) mass is 590 g/mol. The first-order valence-electron chi connectivity index (χ1n) is 17.1. The van der Waals surface area contributed by atoms with Crippen LogP contribution in [0.15, 0.2) is 11.6 Å². The van der Waals surface area contributed by atoms with Crippen LogP contribution < -0.4 is 0 Å². The highest BCUT2D eigenvalue weighted by atomic mass is 16.7. The van der Waals surface area contributed by atoms with Gasteiger partial charge in [0.1, 0.15) is 18.3 Å². The van der Waals surface area contributed by atoms with E-state index in [0.29, 0.717) is 11.3 Å². The summed E-state index contributed by atoms with van der Waals surface area (Å²) in [4.78, 5) is 11.5. The average molecular weight is 591 g/mol. The van der Waals surface area contributed by atoms with E-state index in [1.165, 1.54) is 50.5 Å². The summed E-state index contributed by atoms with van der Waals surface area (Å²) in [5.74, 6) is 4.08. The Labute approximate surface area is 253 Å². The highest BCUT2D eigenvalue weighted by molar-refractivity contribution is 5.73. The Kier molecular flexibility index (Phi) is 9.58. The second-order valence-corrected chi connectivity index (χ2v) is 15.7. The van der Waals surface area contributed by atoms with Crippen molar-refractivity contribution in [1.82, 2.24) is 0 Å². The number of aliphatic carboxylic acids is 1. The van der Waals surface area contributed by atoms with E-state index in [9.17, 15) is 25.2 Å². The van der Waals surface area contributed by atoms with E-state index in [4.69, 9.17) is 9.47 Å². The number of aliphatic hydroxyl groups is 3. The van der Waals surface area contributed by atoms with Crippen LogP contribution in [0.3, 0.4) is 0 Å². The van der Waals surface area contributed by atoms with Crippen LogP contribution in [0, 0.1) is 52.3 Å². The van der Waals surface area contributed by atoms with Crippen molar-refractivity contribution in [3.63, 3.8) is 0 Å². The van der Waals surface area contributed by atoms with Gasteiger partial charge in [0.25, 0.3) is 0 Å². The zero-order chi connectivity index (χ0) is 30.6. The Hall–Kier alpha value is -0.990. The number of fused-ring (bicyclic) bond motifs is 5. The summed E-state index contributed by atoms with van der Waals surface area (Å²) < 4.78 is 11.5. The maximum Gasteiger partial charge on any atom is 0.335 e. The molecule has 42 heavy (non-hydrogen) atoms. The van der Waals surface area contributed by atoms with E-state index in [-0.39, 0.29) is 11.5 Å². The number of carboxylic acid groups (broad SMARTS) is 1. The van der Waals surface area contributed by atoms with Gasteiger partial charge in [-0.25, -0.2) is 4.79 Å². The molecule has 6 unspecified atom stereocenters. The van der Waals surface area contributed by atoms with Crippen LogP contribution in [0.2, 0.25) is 0 Å². The highest BCUT2D eigenvalue weighted by Gasteiger charge is 2.59. The van der Waals surface area contributed by atoms with Crippen molar-refractivity contribution in [2.75, 3.05) is 0 Å². The van der Waals surface area contributed by atoms with Crippen molar-refractivity contribution in [1.29, 1.82) is 0 Å². The quantitative estimate of drug-likeness (QED) is 0.246. The lowest BCUT2D eigenvalue weighted by molar-refractivity contribution is -0.306. The number of allylic oxidation sites excluding steroid dienone is 1. The fraction of sp³-hybridized carbons (Fsp3) is 0.914. The molecular formula is C35H58O7. The smallest absolute Gasteiger partial charge is 0.335 e. The van der Waals surface area contributed by atoms with Crippen molar-refractivity contribution in [2.45, 2.75) is 149 Å². The minimum Gasteiger partial charge on any atom is -0.479 e. The molecule has 0 radical (unpaired) electrons. The maximum atomic E-state index is 11.5. The Morgan fingerprint density at radius 1 is 1.00 bits per heavy atom. The van der Waals surface area contributed by atoms with E-state index in [1.54, 1.807) is 0 Å². The van der Waals surface area contributed by atoms with Crippen molar-refractivity contribution in [3.05, 3.63) is 11.6 Å². The summed E-state index contributed by atoms with van der Waals surface area (Å²) in [5.41, 5.74) is 2.03. The molecule has 4 N–H and O–H groups in total. The van der Waals surface area contributed by atoms with E-state index < -0.39 is 36.7 Å². The van der Waals surface area contributed by atoms with Crippen LogP contribution in [-0.4, -0.2) is 63.2 Å². The lowest BCUT2D eigenvalue weighted by atomic mass is 9.47. The van der Waals surface area contributed by atoms with Gasteiger partial charge in [0.05, 0.1) is 6.10 Å². The zero-order valence-corrected chi connectivity index (χ0v) is 26.9. The van der Waals surface area contributed by atoms with Gasteiger partial charge < -0.3 is 29.9 Å². The number of hydrogen-bond acceptors (Lipinski definition) is 6. The van der Waals surface area contributed by atoms with Crippen LogP contribution in [0.5, 0.6) is 0 Å². The van der Waals surface area contributed by atoms with Crippen LogP contribution in [-0.2, 0) is 14.3 Å². The van der Waals surface area contributed by atoms with Gasteiger partial charge in [-0.15, -0.1) is 0 Å². The third-order valence-corrected chi connectivity index (χ3v) is 13.4. The lowest BCUT2D eigenvalue weighted by Gasteiger charge is -2.58. The molecule has 4 aliphatic carbocycles. The fourth-order valence-corrected chi connectivity index (χ4v) is 10.8. The lowest BCUT2D eigenvalue weighted by Crippen LogP contribution is -2.61. The predicted molar refractivity (Wildman–Crippen MR) is 161 cm³/mol. The molecule has 3 saturated carbocycles. The Morgan fingerprint density at radius 3 is 2.40 bits per heavy atom. The van der Waals surface area contributed by atoms with Crippen LogP contribution >= 0.6 is 0 Å². The van der Waals surface area contributed by atoms with E-state index in [0.717, 1.165) is 61.2 Å². The number of hydrogen-bond donors (Lipinski definition) is 4. The topological polar surface area (TPSA) is 116 Å². The molecule has 5 aliphatic rings. The molecule has 0 aromatic carbocycles. The summed E-state index contributed by atoms with van der Waals surface area (Å²) in [7, 11) is 0. The highest BCUT2D eigenvalue weighted by Crippen LogP contribution is 2.67. The molecule has 14 atom stereocenters. The second kappa shape index (κ2) is 12.4. The predicted octanol–water partition coefficient (Wildman–Crippen LogP) is 5.94. The van der Waals surface area contributed by atoms with Gasteiger partial charge in [-0.2, -0.15) is 0 Å². The van der Waals surface area contributed by atoms with E-state index in [1.807, 2.05) is 0 Å². The van der Waals surface area contributed by atoms with Gasteiger partial charge in [-0.1, -0.05) is 66.0 Å². The van der Waals surface area contributed by atoms with Crippen LogP contribution in [0.1, 0.15) is 112 Å². The van der Waals surface area contributed by atoms with Gasteiger partial charge in [-0.05, 0) is 110 Å². The third-order valence-electron chi connectivity index (χ3n) is 13.4. The standard InChI is InChI=1S/C35H58O7/c1-7-21(19(2)3)9-8-20(4)25-12-13-26-24-11-10-22-18-23(14-16-34(22,5)27(24)15-17-35(25,26)6)41-33-30(38)28(36)29(37)31(42-33)32(39)40/h10,19-21,23-31,33,36-38H,7-9,11-18H2,1-6H3,(H,39,40)/t20-,21-,23?,24+,25-,26+,27+,28?,29?,30?,31?,33?,34+,35-/m1/s1. The molecule has 0 bridgehead atoms. The minimum absolute atomic E-state index is 0.144. The summed E-state index contributed by atoms with van der Waals surface area (Å²) >= 11 is 0. The molecule has 0 amide bonds. The number of rotatable bonds is 9. The first-order chi connectivity index (χ1) is 19.8. The maximum absolute atomic E-state index is 11.5. The minimum atomic E-state index is -1.70. The largest absolute Gasteiger partial charge is 0.479 e. The van der Waals surface area contributed by atoms with Crippen molar-refractivity contribution in [3.8, 4) is 0 Å². The van der Waals surface area contributed by atoms with Crippen LogP contribution in [0.25, 0.3) is 0 Å². The van der Waals surface area contributed by atoms with Gasteiger partial charge in [0, 0.05) is 0 Å². The summed E-state index contributed by atoms with van der Waals surface area (Å²) in [6.07, 6.45) is 7.59. The van der Waals surface area contributed by atoms with E-state index >= 15 is 0 Å². The molecule has 1 heterocycles. The molecule has 1 aliphatic heterocycles. The Bertz CT molecular complexity index is 996. The van der Waals surface area contributed by atoms with Crippen molar-refractivity contribution >= 4 is 5.97 Å². The molecular weight excluding hydrogens is 532 g/mol. The van der Waals surface area contributed by atoms with Crippen molar-refractivity contribution in [2.24, 2.45) is 52.3 Å². The van der Waals surface area contributed by atoms with Crippen molar-refractivity contribution < 1.29 is 34.7 Å². The number of aliphatic hydroxyl groups excluding tert-OH is 3. The number of carboxylic acids is 1. The van der Waals surface area contributed by atoms with Crippen LogP contribution in [0.4, 0.5) is 0 Å². The SMILES string of the molecule is CC[C@H](CC[C@@H](C)[C@H]1CC[C@H]2[C@@H]3CC=C4CC(OC5OC(C(=O)O)C(O)C(O)C5O)CC[C@]4(C)[C@H]3CC[C@]12C)C(C)C. The molecule has 0 aromatic rings. The number of carbonyl (C=O) groups is 1. The van der Waals surface area contributed by atoms with Gasteiger partial charge in [0.2, 0.25) is 0 Å². The first-order valence-corrected chi connectivity index (χ1v) is 17.1. The Morgan fingerprint density at radius 2 is 1.74 bits per heavy atom. The molecule has 5 rings (SSSR count). The summed E-state index contributed by atoms with van der Waals surface area (Å²) in [6.45, 7) is 14.8. The van der Waals surface area contributed by atoms with Gasteiger partial charge in [-0.3, -0.25) is 0 Å². The third kappa shape index (κ3) is 5.63. The Balaban J connectivity index is 1.24. The first kappa shape index (κ1) is 32.4. The summed E-state index contributed by atoms with van der Waals surface area (Å²) in [6, 6.07) is 0. The molecule has 7 nitrogen and oxygen atoms in total. The zero-order valence-electron chi connectivity index (χ0n) is 26.9. The molecule has 240 valence electrons. The fourth-order valence-electron chi connectivity index (χ4n) is 10.8. The van der Waals surface area contributed by atoms with E-state index in [2.05, 4.69) is 47.6 Å². The molecule has 1 saturated heterocycles. The molecule has 7 heteroatoms. The van der Waals surface area contributed by atoms with Gasteiger partial charge >= 0.3 is 5.97 Å². The molecule has 4 fully saturated rings. The number of ether oxygens (including phenoxy) is 2.